The molecule has 0 bridgehead atoms. The van der Waals surface area contributed by atoms with E-state index in [0.29, 0.717) is 6.42 Å². The summed E-state index contributed by atoms with van der Waals surface area (Å²) < 4.78 is 19.6. The molecule has 1 fully saturated rings. The maximum Gasteiger partial charge on any atom is 0.219 e. The third-order valence-corrected chi connectivity index (χ3v) is 8.00. The van der Waals surface area contributed by atoms with Crippen LogP contribution in [0.1, 0.15) is 61.2 Å². The summed E-state index contributed by atoms with van der Waals surface area (Å²) in [6.07, 6.45) is 5.68. The van der Waals surface area contributed by atoms with Crippen LogP contribution < -0.4 is 10.1 Å². The smallest absolute Gasteiger partial charge is 0.219 e. The molecule has 37 heavy (non-hydrogen) atoms. The number of ether oxygens (including phenoxy) is 1. The van der Waals surface area contributed by atoms with Crippen LogP contribution in [0.25, 0.3) is 21.8 Å². The molecule has 1 amide bonds. The molecule has 0 spiro atoms. The number of halogens is 1. The van der Waals surface area contributed by atoms with Crippen molar-refractivity contribution in [2.75, 3.05) is 20.2 Å². The van der Waals surface area contributed by atoms with Crippen molar-refractivity contribution in [2.24, 2.45) is 0 Å². The standard InChI is InChI=1S/C30H33FN4O2/c1-18(36)35-14-6-7-20(17-35)32-25-11-5-9-22-28-21-8-3-4-10-24(21)33-30(28)26(34-29(22)25)16-19-12-13-27(37-2)23(31)15-19/h3-4,8,10,12-13,15,20,25,32-33H,5-7,9,11,14,16-17H2,1-2H3/t20-,25+/m0/s1. The summed E-state index contributed by atoms with van der Waals surface area (Å²) in [5.74, 6) is 0.0233. The molecule has 0 saturated carbocycles. The van der Waals surface area contributed by atoms with Crippen molar-refractivity contribution in [3.63, 3.8) is 0 Å². The van der Waals surface area contributed by atoms with Gasteiger partial charge in [0, 0.05) is 48.8 Å². The zero-order chi connectivity index (χ0) is 25.5. The first-order valence-corrected chi connectivity index (χ1v) is 13.3. The summed E-state index contributed by atoms with van der Waals surface area (Å²) in [5, 5.41) is 6.32. The van der Waals surface area contributed by atoms with Gasteiger partial charge in [-0.3, -0.25) is 9.78 Å². The van der Waals surface area contributed by atoms with E-state index in [1.807, 2.05) is 17.0 Å². The minimum absolute atomic E-state index is 0.130. The van der Waals surface area contributed by atoms with E-state index in [4.69, 9.17) is 9.72 Å². The van der Waals surface area contributed by atoms with E-state index in [9.17, 15) is 9.18 Å². The molecule has 6 nitrogen and oxygen atoms in total. The molecule has 2 aromatic heterocycles. The monoisotopic (exact) mass is 500 g/mol. The number of pyridine rings is 1. The van der Waals surface area contributed by atoms with Crippen LogP contribution in [0, 0.1) is 5.82 Å². The number of likely N-dealkylation sites (tertiary alicyclic amines) is 1. The highest BCUT2D eigenvalue weighted by Gasteiger charge is 2.30. The number of para-hydroxylation sites is 1. The molecule has 2 aromatic carbocycles. The molecular formula is C30H33FN4O2. The van der Waals surface area contributed by atoms with Gasteiger partial charge in [-0.1, -0.05) is 24.3 Å². The number of piperidine rings is 1. The second kappa shape index (κ2) is 9.78. The lowest BCUT2D eigenvalue weighted by molar-refractivity contribution is -0.130. The topological polar surface area (TPSA) is 70.2 Å². The van der Waals surface area contributed by atoms with E-state index in [-0.39, 0.29) is 29.6 Å². The predicted molar refractivity (Wildman–Crippen MR) is 143 cm³/mol. The van der Waals surface area contributed by atoms with Crippen molar-refractivity contribution in [3.05, 3.63) is 70.8 Å². The van der Waals surface area contributed by atoms with Crippen LogP contribution in [0.3, 0.4) is 0 Å². The Balaban J connectivity index is 1.43. The molecule has 2 aliphatic rings. The average molecular weight is 501 g/mol. The number of carbonyl (C=O) groups excluding carboxylic acids is 1. The Hall–Kier alpha value is -3.45. The van der Waals surface area contributed by atoms with E-state index < -0.39 is 0 Å². The average Bonchev–Trinajstić information content (AvgIpc) is 3.30. The Bertz CT molecular complexity index is 1480. The molecular weight excluding hydrogens is 467 g/mol. The third kappa shape index (κ3) is 4.46. The number of nitrogens with one attached hydrogen (secondary N) is 2. The number of hydrogen-bond acceptors (Lipinski definition) is 4. The molecule has 192 valence electrons. The van der Waals surface area contributed by atoms with Gasteiger partial charge in [-0.25, -0.2) is 4.39 Å². The van der Waals surface area contributed by atoms with Crippen molar-refractivity contribution < 1.29 is 13.9 Å². The summed E-state index contributed by atoms with van der Waals surface area (Å²) >= 11 is 0. The number of aromatic nitrogens is 2. The van der Waals surface area contributed by atoms with Crippen LogP contribution in [0.2, 0.25) is 0 Å². The number of carbonyl (C=O) groups is 1. The van der Waals surface area contributed by atoms with E-state index in [0.717, 1.165) is 73.2 Å². The molecule has 1 saturated heterocycles. The molecule has 3 heterocycles. The number of aromatic amines is 1. The normalized spacial score (nSPS) is 19.8. The number of rotatable bonds is 5. The van der Waals surface area contributed by atoms with Crippen LogP contribution in [-0.2, 0) is 17.6 Å². The van der Waals surface area contributed by atoms with Crippen LogP contribution in [0.4, 0.5) is 4.39 Å². The number of hydrogen-bond donors (Lipinski definition) is 2. The van der Waals surface area contributed by atoms with Crippen molar-refractivity contribution in [1.29, 1.82) is 0 Å². The zero-order valence-corrected chi connectivity index (χ0v) is 21.4. The fourth-order valence-electron chi connectivity index (χ4n) is 6.22. The number of nitrogens with zero attached hydrogens (tertiary/aromatic N) is 2. The van der Waals surface area contributed by atoms with Gasteiger partial charge < -0.3 is 19.9 Å². The van der Waals surface area contributed by atoms with Gasteiger partial charge in [-0.05, 0) is 61.4 Å². The Labute approximate surface area is 216 Å². The fourth-order valence-corrected chi connectivity index (χ4v) is 6.22. The van der Waals surface area contributed by atoms with Gasteiger partial charge in [0.25, 0.3) is 0 Å². The van der Waals surface area contributed by atoms with Gasteiger partial charge in [0.1, 0.15) is 0 Å². The van der Waals surface area contributed by atoms with Crippen molar-refractivity contribution in [1.82, 2.24) is 20.2 Å². The van der Waals surface area contributed by atoms with Crippen LogP contribution in [0.5, 0.6) is 5.75 Å². The molecule has 0 unspecified atom stereocenters. The number of H-pyrrole nitrogens is 1. The quantitative estimate of drug-likeness (QED) is 0.383. The lowest BCUT2D eigenvalue weighted by atomic mass is 9.87. The zero-order valence-electron chi connectivity index (χ0n) is 21.4. The van der Waals surface area contributed by atoms with Gasteiger partial charge in [-0.15, -0.1) is 0 Å². The summed E-state index contributed by atoms with van der Waals surface area (Å²) in [5.41, 5.74) is 6.33. The molecule has 7 heteroatoms. The first-order valence-electron chi connectivity index (χ1n) is 13.3. The molecule has 2 N–H and O–H groups in total. The molecule has 4 aromatic rings. The summed E-state index contributed by atoms with van der Waals surface area (Å²) in [7, 11) is 1.48. The van der Waals surface area contributed by atoms with E-state index in [1.165, 1.54) is 23.4 Å². The molecule has 6 rings (SSSR count). The van der Waals surface area contributed by atoms with Gasteiger partial charge in [-0.2, -0.15) is 0 Å². The van der Waals surface area contributed by atoms with Gasteiger partial charge in [0.05, 0.1) is 30.1 Å². The summed E-state index contributed by atoms with van der Waals surface area (Å²) in [4.78, 5) is 22.9. The van der Waals surface area contributed by atoms with Crippen LogP contribution in [0.15, 0.2) is 42.5 Å². The lowest BCUT2D eigenvalue weighted by Crippen LogP contribution is -2.48. The Morgan fingerprint density at radius 2 is 2.08 bits per heavy atom. The SMILES string of the molecule is COc1ccc(Cc2nc3c(c4c2[nH]c2ccccc24)CCC[C@H]3N[C@H]2CCCN(C(C)=O)C2)cc1F. The number of aryl methyl sites for hydroxylation is 1. The first kappa shape index (κ1) is 23.9. The molecule has 1 aliphatic heterocycles. The molecule has 0 radical (unpaired) electrons. The Morgan fingerprint density at radius 1 is 1.22 bits per heavy atom. The second-order valence-corrected chi connectivity index (χ2v) is 10.4. The van der Waals surface area contributed by atoms with E-state index in [2.05, 4.69) is 28.5 Å². The predicted octanol–water partition coefficient (Wildman–Crippen LogP) is 5.43. The first-order chi connectivity index (χ1) is 18.0. The Morgan fingerprint density at radius 3 is 2.89 bits per heavy atom. The van der Waals surface area contributed by atoms with Crippen molar-refractivity contribution >= 4 is 27.7 Å². The summed E-state index contributed by atoms with van der Waals surface area (Å²) in [6.45, 7) is 3.24. The fraction of sp³-hybridized carbons (Fsp3) is 0.400. The lowest BCUT2D eigenvalue weighted by Gasteiger charge is -2.36. The second-order valence-electron chi connectivity index (χ2n) is 10.4. The van der Waals surface area contributed by atoms with E-state index in [1.54, 1.807) is 19.1 Å². The third-order valence-electron chi connectivity index (χ3n) is 8.00. The van der Waals surface area contributed by atoms with Crippen LogP contribution in [-0.4, -0.2) is 47.0 Å². The van der Waals surface area contributed by atoms with Gasteiger partial charge >= 0.3 is 0 Å². The number of amides is 1. The highest BCUT2D eigenvalue weighted by atomic mass is 19.1. The van der Waals surface area contributed by atoms with Gasteiger partial charge in [0.2, 0.25) is 5.91 Å². The number of benzene rings is 2. The molecule has 2 atom stereocenters. The highest BCUT2D eigenvalue weighted by Crippen LogP contribution is 2.39. The van der Waals surface area contributed by atoms with Gasteiger partial charge in [0.15, 0.2) is 11.6 Å². The minimum Gasteiger partial charge on any atom is -0.494 e. The number of methoxy groups -OCH3 is 1. The summed E-state index contributed by atoms with van der Waals surface area (Å²) in [6, 6.07) is 13.9. The highest BCUT2D eigenvalue weighted by molar-refractivity contribution is 6.10. The largest absolute Gasteiger partial charge is 0.494 e. The number of fused-ring (bicyclic) bond motifs is 5. The van der Waals surface area contributed by atoms with Crippen LogP contribution >= 0.6 is 0 Å². The van der Waals surface area contributed by atoms with Crippen molar-refractivity contribution in [3.8, 4) is 5.75 Å². The maximum atomic E-state index is 14.5. The maximum absolute atomic E-state index is 14.5. The van der Waals surface area contributed by atoms with Crippen molar-refractivity contribution in [2.45, 2.75) is 57.5 Å². The Kier molecular flexibility index (Phi) is 6.32. The van der Waals surface area contributed by atoms with E-state index >= 15 is 0 Å². The molecule has 1 aliphatic carbocycles. The minimum atomic E-state index is -0.363.